The summed E-state index contributed by atoms with van der Waals surface area (Å²) in [5, 5.41) is 17.4. The van der Waals surface area contributed by atoms with Crippen molar-refractivity contribution < 1.29 is 9.90 Å². The lowest BCUT2D eigenvalue weighted by molar-refractivity contribution is 0.0350. The first-order chi connectivity index (χ1) is 10.7. The number of rotatable bonds is 4. The molecule has 3 rings (SSSR count). The lowest BCUT2D eigenvalue weighted by atomic mass is 10.0. The van der Waals surface area contributed by atoms with Gasteiger partial charge in [0.1, 0.15) is 0 Å². The van der Waals surface area contributed by atoms with Gasteiger partial charge in [-0.15, -0.1) is 0 Å². The first-order valence-electron chi connectivity index (χ1n) is 7.35. The molecular formula is C16H19N3O2S. The highest BCUT2D eigenvalue weighted by Crippen LogP contribution is 2.16. The first-order valence-corrected chi connectivity index (χ1v) is 8.29. The van der Waals surface area contributed by atoms with Crippen LogP contribution in [-0.2, 0) is 6.54 Å². The molecule has 1 saturated heterocycles. The van der Waals surface area contributed by atoms with E-state index in [1.54, 1.807) is 29.7 Å². The van der Waals surface area contributed by atoms with E-state index in [2.05, 4.69) is 32.0 Å². The highest BCUT2D eigenvalue weighted by Gasteiger charge is 2.29. The summed E-state index contributed by atoms with van der Waals surface area (Å²) in [6, 6.07) is 5.36. The molecule has 0 unspecified atom stereocenters. The third-order valence-electron chi connectivity index (χ3n) is 3.89. The molecular weight excluding hydrogens is 298 g/mol. The fourth-order valence-electron chi connectivity index (χ4n) is 2.70. The molecule has 1 aliphatic rings. The van der Waals surface area contributed by atoms with Crippen molar-refractivity contribution in [3.8, 4) is 0 Å². The van der Waals surface area contributed by atoms with Crippen molar-refractivity contribution in [1.29, 1.82) is 0 Å². The molecule has 0 radical (unpaired) electrons. The van der Waals surface area contributed by atoms with Crippen LogP contribution in [0.4, 0.5) is 0 Å². The summed E-state index contributed by atoms with van der Waals surface area (Å²) >= 11 is 1.68. The molecule has 2 atom stereocenters. The van der Waals surface area contributed by atoms with Gasteiger partial charge >= 0.3 is 0 Å². The van der Waals surface area contributed by atoms with E-state index in [0.29, 0.717) is 12.1 Å². The average Bonchev–Trinajstić information content (AvgIpc) is 3.04. The molecule has 1 aliphatic heterocycles. The number of piperidine rings is 1. The Balaban J connectivity index is 1.53. The van der Waals surface area contributed by atoms with Crippen LogP contribution >= 0.6 is 11.3 Å². The number of thiophene rings is 1. The monoisotopic (exact) mass is 317 g/mol. The average molecular weight is 317 g/mol. The van der Waals surface area contributed by atoms with Crippen molar-refractivity contribution in [2.45, 2.75) is 25.1 Å². The molecule has 2 aromatic rings. The minimum absolute atomic E-state index is 0.177. The van der Waals surface area contributed by atoms with Crippen LogP contribution in [0.25, 0.3) is 0 Å². The minimum atomic E-state index is -0.548. The SMILES string of the molecule is O=C(N[C@H]1CCN(Cc2ccsc2)C[C@@H]1O)c1cccnc1. The number of carbonyl (C=O) groups is 1. The van der Waals surface area contributed by atoms with Gasteiger partial charge in [0, 0.05) is 32.0 Å². The predicted octanol–water partition coefficient (Wildman–Crippen LogP) is 1.51. The van der Waals surface area contributed by atoms with Crippen LogP contribution in [0.5, 0.6) is 0 Å². The summed E-state index contributed by atoms with van der Waals surface area (Å²) in [6.45, 7) is 2.29. The Kier molecular flexibility index (Phi) is 4.82. The Labute approximate surface area is 133 Å². The maximum atomic E-state index is 12.1. The molecule has 0 saturated carbocycles. The molecule has 1 fully saturated rings. The van der Waals surface area contributed by atoms with E-state index in [-0.39, 0.29) is 11.9 Å². The Morgan fingerprint density at radius 2 is 2.41 bits per heavy atom. The molecule has 2 N–H and O–H groups in total. The summed E-state index contributed by atoms with van der Waals surface area (Å²) < 4.78 is 0. The van der Waals surface area contributed by atoms with Crippen molar-refractivity contribution >= 4 is 17.2 Å². The third-order valence-corrected chi connectivity index (χ3v) is 4.62. The molecule has 0 aromatic carbocycles. The second kappa shape index (κ2) is 7.00. The second-order valence-electron chi connectivity index (χ2n) is 5.54. The van der Waals surface area contributed by atoms with E-state index in [1.807, 2.05) is 0 Å². The number of β-amino-alcohol motifs (C(OH)–C–C–N with tert-alkyl or cyclic N) is 1. The molecule has 3 heterocycles. The van der Waals surface area contributed by atoms with Gasteiger partial charge in [-0.2, -0.15) is 11.3 Å². The van der Waals surface area contributed by atoms with Gasteiger partial charge in [0.05, 0.1) is 17.7 Å². The van der Waals surface area contributed by atoms with E-state index in [1.165, 1.54) is 11.8 Å². The van der Waals surface area contributed by atoms with Crippen molar-refractivity contribution in [2.75, 3.05) is 13.1 Å². The summed E-state index contributed by atoms with van der Waals surface area (Å²) in [5.41, 5.74) is 1.80. The van der Waals surface area contributed by atoms with Crippen molar-refractivity contribution in [3.63, 3.8) is 0 Å². The number of nitrogens with zero attached hydrogens (tertiary/aromatic N) is 2. The standard InChI is InChI=1S/C16H19N3O2S/c20-15-10-19(9-12-4-7-22-11-12)6-3-14(15)18-16(21)13-2-1-5-17-8-13/h1-2,4-5,7-8,11,14-15,20H,3,6,9-10H2,(H,18,21)/t14-,15-/m0/s1. The Morgan fingerprint density at radius 1 is 1.50 bits per heavy atom. The van der Waals surface area contributed by atoms with E-state index >= 15 is 0 Å². The van der Waals surface area contributed by atoms with Crippen LogP contribution in [0.2, 0.25) is 0 Å². The number of likely N-dealkylation sites (tertiary alicyclic amines) is 1. The van der Waals surface area contributed by atoms with Gasteiger partial charge in [0.2, 0.25) is 0 Å². The molecule has 0 aliphatic carbocycles. The molecule has 0 bridgehead atoms. The fourth-order valence-corrected chi connectivity index (χ4v) is 3.36. The predicted molar refractivity (Wildman–Crippen MR) is 85.7 cm³/mol. The van der Waals surface area contributed by atoms with Crippen LogP contribution in [0.1, 0.15) is 22.3 Å². The normalized spacial score (nSPS) is 22.4. The zero-order valence-corrected chi connectivity index (χ0v) is 13.0. The third kappa shape index (κ3) is 3.71. The van der Waals surface area contributed by atoms with Crippen LogP contribution in [0, 0.1) is 0 Å². The number of aliphatic hydroxyl groups is 1. The number of aromatic nitrogens is 1. The molecule has 1 amide bonds. The van der Waals surface area contributed by atoms with Gasteiger partial charge in [-0.1, -0.05) is 0 Å². The van der Waals surface area contributed by atoms with Gasteiger partial charge in [-0.05, 0) is 40.9 Å². The number of hydrogen-bond donors (Lipinski definition) is 2. The lowest BCUT2D eigenvalue weighted by Crippen LogP contribution is -2.53. The molecule has 5 nitrogen and oxygen atoms in total. The number of aliphatic hydroxyl groups excluding tert-OH is 1. The molecule has 116 valence electrons. The summed E-state index contributed by atoms with van der Waals surface area (Å²) in [7, 11) is 0. The number of nitrogens with one attached hydrogen (secondary N) is 1. The quantitative estimate of drug-likeness (QED) is 0.897. The zero-order chi connectivity index (χ0) is 15.4. The number of amides is 1. The molecule has 22 heavy (non-hydrogen) atoms. The van der Waals surface area contributed by atoms with Gasteiger partial charge < -0.3 is 10.4 Å². The van der Waals surface area contributed by atoms with E-state index in [0.717, 1.165) is 19.5 Å². The number of carbonyl (C=O) groups excluding carboxylic acids is 1. The Bertz CT molecular complexity index is 603. The molecule has 2 aromatic heterocycles. The van der Waals surface area contributed by atoms with Crippen molar-refractivity contribution in [1.82, 2.24) is 15.2 Å². The maximum absolute atomic E-state index is 12.1. The smallest absolute Gasteiger partial charge is 0.253 e. The summed E-state index contributed by atoms with van der Waals surface area (Å²) in [6.07, 6.45) is 3.37. The van der Waals surface area contributed by atoms with Crippen LogP contribution < -0.4 is 5.32 Å². The largest absolute Gasteiger partial charge is 0.390 e. The van der Waals surface area contributed by atoms with E-state index in [9.17, 15) is 9.90 Å². The fraction of sp³-hybridized carbons (Fsp3) is 0.375. The van der Waals surface area contributed by atoms with Crippen molar-refractivity contribution in [2.24, 2.45) is 0 Å². The van der Waals surface area contributed by atoms with E-state index in [4.69, 9.17) is 0 Å². The first kappa shape index (κ1) is 15.1. The van der Waals surface area contributed by atoms with Gasteiger partial charge in [-0.25, -0.2) is 0 Å². The molecule has 0 spiro atoms. The zero-order valence-electron chi connectivity index (χ0n) is 12.2. The second-order valence-corrected chi connectivity index (χ2v) is 6.32. The topological polar surface area (TPSA) is 65.5 Å². The Hall–Kier alpha value is -1.76. The highest BCUT2D eigenvalue weighted by atomic mass is 32.1. The van der Waals surface area contributed by atoms with Gasteiger partial charge in [0.25, 0.3) is 5.91 Å². The number of hydrogen-bond acceptors (Lipinski definition) is 5. The Morgan fingerprint density at radius 3 is 3.09 bits per heavy atom. The summed E-state index contributed by atoms with van der Waals surface area (Å²) in [5.74, 6) is -0.177. The number of pyridine rings is 1. The lowest BCUT2D eigenvalue weighted by Gasteiger charge is -2.36. The van der Waals surface area contributed by atoms with Crippen LogP contribution in [-0.4, -0.2) is 46.1 Å². The van der Waals surface area contributed by atoms with Gasteiger partial charge in [0.15, 0.2) is 0 Å². The van der Waals surface area contributed by atoms with Crippen molar-refractivity contribution in [3.05, 3.63) is 52.5 Å². The highest BCUT2D eigenvalue weighted by molar-refractivity contribution is 7.07. The van der Waals surface area contributed by atoms with Crippen LogP contribution in [0.3, 0.4) is 0 Å². The molecule has 6 heteroatoms. The summed E-state index contributed by atoms with van der Waals surface area (Å²) in [4.78, 5) is 18.3. The minimum Gasteiger partial charge on any atom is -0.390 e. The van der Waals surface area contributed by atoms with Crippen LogP contribution in [0.15, 0.2) is 41.4 Å². The van der Waals surface area contributed by atoms with Gasteiger partial charge in [-0.3, -0.25) is 14.7 Å². The maximum Gasteiger partial charge on any atom is 0.253 e. The van der Waals surface area contributed by atoms with E-state index < -0.39 is 6.10 Å².